The second-order valence-electron chi connectivity index (χ2n) is 8.58. The number of benzene rings is 2. The monoisotopic (exact) mass is 460 g/mol. The van der Waals surface area contributed by atoms with E-state index >= 15 is 0 Å². The second-order valence-corrected chi connectivity index (χ2v) is 8.58. The summed E-state index contributed by atoms with van der Waals surface area (Å²) in [5, 5.41) is 13.0. The molecule has 8 nitrogen and oxygen atoms in total. The third-order valence-electron chi connectivity index (χ3n) is 5.94. The number of morpholine rings is 1. The Hall–Kier alpha value is -3.83. The molecule has 0 spiro atoms. The molecule has 1 aliphatic heterocycles. The van der Waals surface area contributed by atoms with Gasteiger partial charge >= 0.3 is 0 Å². The lowest BCUT2D eigenvalue weighted by molar-refractivity contribution is 0.0827. The molecule has 8 heteroatoms. The summed E-state index contributed by atoms with van der Waals surface area (Å²) in [5.41, 5.74) is 4.02. The summed E-state index contributed by atoms with van der Waals surface area (Å²) in [5.74, 6) is 0.338. The Morgan fingerprint density at radius 2 is 1.94 bits per heavy atom. The van der Waals surface area contributed by atoms with Crippen LogP contribution in [0, 0.1) is 18.3 Å². The minimum Gasteiger partial charge on any atom is -0.440 e. The van der Waals surface area contributed by atoms with Gasteiger partial charge in [0.15, 0.2) is 11.3 Å². The van der Waals surface area contributed by atoms with E-state index < -0.39 is 0 Å². The van der Waals surface area contributed by atoms with Gasteiger partial charge in [0.25, 0.3) is 5.91 Å². The summed E-state index contributed by atoms with van der Waals surface area (Å²) in [7, 11) is 3.37. The van der Waals surface area contributed by atoms with E-state index in [0.717, 1.165) is 16.8 Å². The molecular formula is C26H28N4O4. The highest BCUT2D eigenvalue weighted by molar-refractivity contribution is 5.98. The number of hydrogen-bond acceptors (Lipinski definition) is 7. The molecule has 2 heterocycles. The van der Waals surface area contributed by atoms with Crippen LogP contribution in [-0.4, -0.2) is 57.8 Å². The molecular weight excluding hydrogens is 432 g/mol. The largest absolute Gasteiger partial charge is 0.440 e. The normalized spacial score (nSPS) is 13.5. The first-order chi connectivity index (χ1) is 16.4. The predicted molar refractivity (Wildman–Crippen MR) is 132 cm³/mol. The highest BCUT2D eigenvalue weighted by Gasteiger charge is 2.19. The molecule has 1 aromatic heterocycles. The van der Waals surface area contributed by atoms with Crippen molar-refractivity contribution in [2.24, 2.45) is 0 Å². The molecule has 0 aliphatic carbocycles. The summed E-state index contributed by atoms with van der Waals surface area (Å²) < 4.78 is 11.7. The van der Waals surface area contributed by atoms with Crippen molar-refractivity contribution in [1.29, 1.82) is 5.26 Å². The summed E-state index contributed by atoms with van der Waals surface area (Å²) >= 11 is 0. The van der Waals surface area contributed by atoms with E-state index in [-0.39, 0.29) is 11.3 Å². The second kappa shape index (κ2) is 9.98. The smallest absolute Gasteiger partial charge is 0.253 e. The quantitative estimate of drug-likeness (QED) is 0.603. The van der Waals surface area contributed by atoms with E-state index in [1.165, 1.54) is 11.0 Å². The van der Waals surface area contributed by atoms with Gasteiger partial charge in [-0.05, 0) is 48.7 Å². The van der Waals surface area contributed by atoms with Gasteiger partial charge in [0.05, 0.1) is 30.2 Å². The molecule has 1 N–H and O–H groups in total. The van der Waals surface area contributed by atoms with Crippen LogP contribution in [0.5, 0.6) is 0 Å². The Morgan fingerprint density at radius 1 is 1.18 bits per heavy atom. The molecule has 34 heavy (non-hydrogen) atoms. The number of nitriles is 1. The fourth-order valence-corrected chi connectivity index (χ4v) is 4.04. The van der Waals surface area contributed by atoms with E-state index in [1.54, 1.807) is 32.3 Å². The van der Waals surface area contributed by atoms with Crippen LogP contribution in [0.15, 0.2) is 45.6 Å². The number of amides is 1. The number of anilines is 2. The van der Waals surface area contributed by atoms with Crippen LogP contribution in [-0.2, 0) is 11.2 Å². The molecule has 4 rings (SSSR count). The molecule has 1 fully saturated rings. The number of nitrogens with one attached hydrogen (secondary N) is 1. The number of aryl methyl sites for hydroxylation is 1. The molecule has 0 bridgehead atoms. The van der Waals surface area contributed by atoms with Gasteiger partial charge in [-0.1, -0.05) is 6.07 Å². The molecule has 1 amide bonds. The van der Waals surface area contributed by atoms with E-state index in [9.17, 15) is 14.9 Å². The number of carbonyl (C=O) groups is 1. The van der Waals surface area contributed by atoms with Gasteiger partial charge in [0.2, 0.25) is 0 Å². The number of ether oxygens (including phenoxy) is 1. The SMILES string of the molecule is Cc1ccc(C#N)cc1NCCc1cc(C(=O)N(C)C)cc2c(=O)cc(N3CCOCC3)oc12. The van der Waals surface area contributed by atoms with Crippen molar-refractivity contribution in [2.75, 3.05) is 57.2 Å². The lowest BCUT2D eigenvalue weighted by Crippen LogP contribution is -2.36. The molecule has 1 saturated heterocycles. The zero-order chi connectivity index (χ0) is 24.2. The van der Waals surface area contributed by atoms with Gasteiger partial charge in [-0.25, -0.2) is 0 Å². The first kappa shape index (κ1) is 23.3. The van der Waals surface area contributed by atoms with Crippen molar-refractivity contribution in [1.82, 2.24) is 4.90 Å². The minimum atomic E-state index is -0.178. The van der Waals surface area contributed by atoms with Gasteiger partial charge in [-0.15, -0.1) is 0 Å². The molecule has 2 aromatic carbocycles. The molecule has 1 aliphatic rings. The number of fused-ring (bicyclic) bond motifs is 1. The standard InChI is InChI=1S/C26H28N4O4/c1-17-4-5-18(16-27)12-22(17)28-7-6-19-13-20(26(32)29(2)3)14-21-23(31)15-24(34-25(19)21)30-8-10-33-11-9-30/h4-5,12-15,28H,6-11H2,1-3H3. The van der Waals surface area contributed by atoms with Crippen molar-refractivity contribution >= 4 is 28.4 Å². The Labute approximate surface area is 198 Å². The number of hydrogen-bond donors (Lipinski definition) is 1. The molecule has 0 saturated carbocycles. The summed E-state index contributed by atoms with van der Waals surface area (Å²) in [4.78, 5) is 29.3. The average molecular weight is 461 g/mol. The summed E-state index contributed by atoms with van der Waals surface area (Å²) in [6.45, 7) is 4.97. The Kier molecular flexibility index (Phi) is 6.85. The number of nitrogens with zero attached hydrogens (tertiary/aromatic N) is 3. The number of carbonyl (C=O) groups excluding carboxylic acids is 1. The average Bonchev–Trinajstić information content (AvgIpc) is 2.85. The first-order valence-corrected chi connectivity index (χ1v) is 11.3. The van der Waals surface area contributed by atoms with Crippen LogP contribution in [0.4, 0.5) is 11.6 Å². The van der Waals surface area contributed by atoms with Crippen LogP contribution in [0.2, 0.25) is 0 Å². The van der Waals surface area contributed by atoms with E-state index in [0.29, 0.717) is 67.2 Å². The van der Waals surface area contributed by atoms with Crippen molar-refractivity contribution in [3.8, 4) is 6.07 Å². The lowest BCUT2D eigenvalue weighted by Gasteiger charge is -2.27. The molecule has 0 radical (unpaired) electrons. The maximum Gasteiger partial charge on any atom is 0.253 e. The highest BCUT2D eigenvalue weighted by atomic mass is 16.5. The fraction of sp³-hybridized carbons (Fsp3) is 0.346. The summed E-state index contributed by atoms with van der Waals surface area (Å²) in [6.07, 6.45) is 0.525. The highest BCUT2D eigenvalue weighted by Crippen LogP contribution is 2.26. The van der Waals surface area contributed by atoms with Gasteiger partial charge in [0.1, 0.15) is 5.58 Å². The third-order valence-corrected chi connectivity index (χ3v) is 5.94. The van der Waals surface area contributed by atoms with Crippen molar-refractivity contribution < 1.29 is 13.9 Å². The Morgan fingerprint density at radius 3 is 2.65 bits per heavy atom. The zero-order valence-corrected chi connectivity index (χ0v) is 19.7. The van der Waals surface area contributed by atoms with Crippen LogP contribution in [0.25, 0.3) is 11.0 Å². The van der Waals surface area contributed by atoms with Crippen LogP contribution in [0.3, 0.4) is 0 Å². The van der Waals surface area contributed by atoms with Gasteiger partial charge < -0.3 is 24.3 Å². The topological polar surface area (TPSA) is 98.8 Å². The van der Waals surface area contributed by atoms with Crippen molar-refractivity contribution in [3.63, 3.8) is 0 Å². The van der Waals surface area contributed by atoms with Gasteiger partial charge in [-0.3, -0.25) is 9.59 Å². The van der Waals surface area contributed by atoms with Crippen LogP contribution >= 0.6 is 0 Å². The van der Waals surface area contributed by atoms with Crippen LogP contribution in [0.1, 0.15) is 27.0 Å². The Bertz CT molecular complexity index is 1320. The lowest BCUT2D eigenvalue weighted by atomic mass is 10.0. The third kappa shape index (κ3) is 4.90. The molecule has 176 valence electrons. The van der Waals surface area contributed by atoms with Crippen LogP contribution < -0.4 is 15.6 Å². The fourth-order valence-electron chi connectivity index (χ4n) is 4.04. The summed E-state index contributed by atoms with van der Waals surface area (Å²) in [6, 6.07) is 12.6. The van der Waals surface area contributed by atoms with Gasteiger partial charge in [-0.2, -0.15) is 5.26 Å². The first-order valence-electron chi connectivity index (χ1n) is 11.3. The number of rotatable bonds is 6. The zero-order valence-electron chi connectivity index (χ0n) is 19.7. The predicted octanol–water partition coefficient (Wildman–Crippen LogP) is 3.17. The van der Waals surface area contributed by atoms with Gasteiger partial charge in [0, 0.05) is 51.0 Å². The van der Waals surface area contributed by atoms with E-state index in [4.69, 9.17) is 9.15 Å². The Balaban J connectivity index is 1.71. The molecule has 3 aromatic rings. The molecule has 0 unspecified atom stereocenters. The maximum absolute atomic E-state index is 13.1. The molecule has 0 atom stereocenters. The van der Waals surface area contributed by atoms with Crippen molar-refractivity contribution in [3.05, 3.63) is 68.9 Å². The van der Waals surface area contributed by atoms with Crippen molar-refractivity contribution in [2.45, 2.75) is 13.3 Å². The van der Waals surface area contributed by atoms with E-state index in [2.05, 4.69) is 11.4 Å². The van der Waals surface area contributed by atoms with E-state index in [1.807, 2.05) is 24.0 Å². The maximum atomic E-state index is 13.1. The minimum absolute atomic E-state index is 0.176.